The van der Waals surface area contributed by atoms with E-state index in [1.165, 1.54) is 0 Å². The Bertz CT molecular complexity index is 534. The van der Waals surface area contributed by atoms with Crippen molar-refractivity contribution in [3.63, 3.8) is 0 Å². The molecule has 1 atom stereocenters. The third kappa shape index (κ3) is 6.75. The first-order chi connectivity index (χ1) is 12.8. The maximum absolute atomic E-state index is 12.7. The fourth-order valence-corrected chi connectivity index (χ4v) is 4.22. The van der Waals surface area contributed by atoms with Crippen molar-refractivity contribution in [2.24, 2.45) is 10.9 Å². The smallest absolute Gasteiger partial charge is 0.225 e. The molecule has 0 aromatic heterocycles. The number of carbonyl (C=O) groups is 1. The van der Waals surface area contributed by atoms with E-state index in [0.717, 1.165) is 38.4 Å². The number of morpholine rings is 1. The van der Waals surface area contributed by atoms with Gasteiger partial charge in [0.05, 0.1) is 19.8 Å². The van der Waals surface area contributed by atoms with Gasteiger partial charge >= 0.3 is 0 Å². The zero-order chi connectivity index (χ0) is 19.9. The van der Waals surface area contributed by atoms with E-state index in [2.05, 4.69) is 22.1 Å². The molecule has 2 heterocycles. The Hall–Kier alpha value is -1.15. The molecule has 0 saturated carbocycles. The zero-order valence-electron chi connectivity index (χ0n) is 17.3. The van der Waals surface area contributed by atoms with E-state index in [9.17, 15) is 9.00 Å². The SMILES string of the molecule is CCNC(=NCCS(=O)C(C)(C)C)N1CCC(C(=O)N2CCOCC2)CC1. The maximum atomic E-state index is 12.7. The number of ether oxygens (including phenoxy) is 1. The Morgan fingerprint density at radius 3 is 2.33 bits per heavy atom. The highest BCUT2D eigenvalue weighted by atomic mass is 32.2. The van der Waals surface area contributed by atoms with Crippen LogP contribution in [0.15, 0.2) is 4.99 Å². The van der Waals surface area contributed by atoms with Gasteiger partial charge in [0, 0.05) is 59.9 Å². The summed E-state index contributed by atoms with van der Waals surface area (Å²) >= 11 is 0. The Labute approximate surface area is 166 Å². The quantitative estimate of drug-likeness (QED) is 0.552. The largest absolute Gasteiger partial charge is 0.378 e. The maximum Gasteiger partial charge on any atom is 0.225 e. The van der Waals surface area contributed by atoms with Crippen LogP contribution in [0, 0.1) is 5.92 Å². The van der Waals surface area contributed by atoms with Crippen molar-refractivity contribution in [2.75, 3.05) is 58.2 Å². The number of piperidine rings is 1. The minimum absolute atomic E-state index is 0.107. The molecule has 0 bridgehead atoms. The van der Waals surface area contributed by atoms with E-state index in [4.69, 9.17) is 4.74 Å². The molecule has 2 saturated heterocycles. The monoisotopic (exact) mass is 400 g/mol. The standard InChI is InChI=1S/C19H36N4O3S/c1-5-20-18(21-8-15-27(25)19(2,3)4)23-9-6-16(7-10-23)17(24)22-11-13-26-14-12-22/h16H,5-15H2,1-4H3,(H,20,21). The lowest BCUT2D eigenvalue weighted by atomic mass is 9.95. The lowest BCUT2D eigenvalue weighted by Gasteiger charge is -2.36. The van der Waals surface area contributed by atoms with Crippen molar-refractivity contribution in [1.29, 1.82) is 0 Å². The van der Waals surface area contributed by atoms with Crippen molar-refractivity contribution in [1.82, 2.24) is 15.1 Å². The molecule has 0 radical (unpaired) electrons. The lowest BCUT2D eigenvalue weighted by Crippen LogP contribution is -2.50. The summed E-state index contributed by atoms with van der Waals surface area (Å²) in [6.45, 7) is 13.8. The number of nitrogens with zero attached hydrogens (tertiary/aromatic N) is 3. The van der Waals surface area contributed by atoms with Crippen LogP contribution in [0.5, 0.6) is 0 Å². The van der Waals surface area contributed by atoms with Crippen LogP contribution in [-0.4, -0.2) is 88.9 Å². The second kappa shape index (κ2) is 10.4. The molecule has 1 unspecified atom stereocenters. The van der Waals surface area contributed by atoms with Gasteiger partial charge in [-0.05, 0) is 40.5 Å². The first-order valence-electron chi connectivity index (χ1n) is 10.1. The second-order valence-corrected chi connectivity index (χ2v) is 10.4. The fourth-order valence-electron chi connectivity index (χ4n) is 3.35. The van der Waals surface area contributed by atoms with Gasteiger partial charge in [-0.25, -0.2) is 0 Å². The third-order valence-corrected chi connectivity index (χ3v) is 6.94. The van der Waals surface area contributed by atoms with Crippen LogP contribution >= 0.6 is 0 Å². The molecule has 7 nitrogen and oxygen atoms in total. The molecule has 0 aliphatic carbocycles. The first kappa shape index (κ1) is 22.1. The van der Waals surface area contributed by atoms with Gasteiger partial charge in [0.1, 0.15) is 0 Å². The second-order valence-electron chi connectivity index (χ2n) is 8.10. The van der Waals surface area contributed by atoms with Crippen LogP contribution in [-0.2, 0) is 20.3 Å². The summed E-state index contributed by atoms with van der Waals surface area (Å²) in [6, 6.07) is 0. The Kier molecular flexibility index (Phi) is 8.54. The topological polar surface area (TPSA) is 74.2 Å². The average Bonchev–Trinajstić information content (AvgIpc) is 2.66. The molecule has 2 rings (SSSR count). The molecule has 27 heavy (non-hydrogen) atoms. The number of hydrogen-bond donors (Lipinski definition) is 1. The van der Waals surface area contributed by atoms with Crippen LogP contribution in [0.2, 0.25) is 0 Å². The summed E-state index contributed by atoms with van der Waals surface area (Å²) in [6.07, 6.45) is 1.71. The minimum Gasteiger partial charge on any atom is -0.378 e. The zero-order valence-corrected chi connectivity index (χ0v) is 18.1. The van der Waals surface area contributed by atoms with E-state index in [1.807, 2.05) is 25.7 Å². The predicted molar refractivity (Wildman–Crippen MR) is 110 cm³/mol. The molecule has 0 spiro atoms. The molecule has 2 aliphatic heterocycles. The van der Waals surface area contributed by atoms with E-state index in [1.54, 1.807) is 0 Å². The van der Waals surface area contributed by atoms with Crippen LogP contribution in [0.4, 0.5) is 0 Å². The van der Waals surface area contributed by atoms with Gasteiger partial charge < -0.3 is 19.9 Å². The fraction of sp³-hybridized carbons (Fsp3) is 0.895. The number of rotatable bonds is 5. The molecule has 2 fully saturated rings. The van der Waals surface area contributed by atoms with Crippen molar-refractivity contribution in [2.45, 2.75) is 45.3 Å². The Morgan fingerprint density at radius 1 is 1.15 bits per heavy atom. The number of guanidine groups is 1. The average molecular weight is 401 g/mol. The molecule has 0 aromatic carbocycles. The normalized spacial score (nSPS) is 21.3. The third-order valence-electron chi connectivity index (χ3n) is 5.02. The van der Waals surface area contributed by atoms with Crippen LogP contribution in [0.1, 0.15) is 40.5 Å². The van der Waals surface area contributed by atoms with Crippen molar-refractivity contribution < 1.29 is 13.7 Å². The highest BCUT2D eigenvalue weighted by Gasteiger charge is 2.30. The molecule has 1 amide bonds. The molecular formula is C19H36N4O3S. The van der Waals surface area contributed by atoms with Gasteiger partial charge in [0.15, 0.2) is 5.96 Å². The lowest BCUT2D eigenvalue weighted by molar-refractivity contribution is -0.140. The Morgan fingerprint density at radius 2 is 1.78 bits per heavy atom. The highest BCUT2D eigenvalue weighted by Crippen LogP contribution is 2.20. The summed E-state index contributed by atoms with van der Waals surface area (Å²) < 4.78 is 17.3. The van der Waals surface area contributed by atoms with Gasteiger partial charge in [-0.3, -0.25) is 14.0 Å². The predicted octanol–water partition coefficient (Wildman–Crippen LogP) is 1.07. The molecule has 1 N–H and O–H groups in total. The molecular weight excluding hydrogens is 364 g/mol. The van der Waals surface area contributed by atoms with Gasteiger partial charge in [0.25, 0.3) is 0 Å². The number of carbonyl (C=O) groups excluding carboxylic acids is 1. The summed E-state index contributed by atoms with van der Waals surface area (Å²) in [5, 5.41) is 3.34. The molecule has 2 aliphatic rings. The number of aliphatic imine (C=N–C) groups is 1. The summed E-state index contributed by atoms with van der Waals surface area (Å²) in [7, 11) is -0.891. The molecule has 156 valence electrons. The summed E-state index contributed by atoms with van der Waals surface area (Å²) in [5.41, 5.74) is 0. The van der Waals surface area contributed by atoms with Gasteiger partial charge in [-0.2, -0.15) is 0 Å². The number of nitrogens with one attached hydrogen (secondary N) is 1. The van der Waals surface area contributed by atoms with E-state index in [-0.39, 0.29) is 16.6 Å². The number of hydrogen-bond acceptors (Lipinski definition) is 4. The van der Waals surface area contributed by atoms with Crippen LogP contribution in [0.3, 0.4) is 0 Å². The number of likely N-dealkylation sites (tertiary alicyclic amines) is 1. The van der Waals surface area contributed by atoms with Gasteiger partial charge in [0.2, 0.25) is 5.91 Å². The molecule has 0 aromatic rings. The highest BCUT2D eigenvalue weighted by molar-refractivity contribution is 7.86. The van der Waals surface area contributed by atoms with E-state index < -0.39 is 10.8 Å². The van der Waals surface area contributed by atoms with E-state index in [0.29, 0.717) is 38.6 Å². The van der Waals surface area contributed by atoms with Gasteiger partial charge in [-0.15, -0.1) is 0 Å². The minimum atomic E-state index is -0.891. The molecule has 8 heteroatoms. The van der Waals surface area contributed by atoms with Crippen molar-refractivity contribution in [3.05, 3.63) is 0 Å². The van der Waals surface area contributed by atoms with Gasteiger partial charge in [-0.1, -0.05) is 0 Å². The first-order valence-corrected chi connectivity index (χ1v) is 11.4. The van der Waals surface area contributed by atoms with Crippen molar-refractivity contribution in [3.8, 4) is 0 Å². The van der Waals surface area contributed by atoms with Crippen molar-refractivity contribution >= 4 is 22.7 Å². The summed E-state index contributed by atoms with van der Waals surface area (Å²) in [4.78, 5) is 21.5. The van der Waals surface area contributed by atoms with Crippen LogP contribution in [0.25, 0.3) is 0 Å². The van der Waals surface area contributed by atoms with Crippen LogP contribution < -0.4 is 5.32 Å². The number of amides is 1. The van der Waals surface area contributed by atoms with E-state index >= 15 is 0 Å². The Balaban J connectivity index is 1.85. The summed E-state index contributed by atoms with van der Waals surface area (Å²) in [5.74, 6) is 1.83.